The summed E-state index contributed by atoms with van der Waals surface area (Å²) in [4.78, 5) is 0. The number of hydrogen-bond acceptors (Lipinski definition) is 3. The largest absolute Gasteiger partial charge is 0.396 e. The molecule has 0 atom stereocenters. The zero-order valence-corrected chi connectivity index (χ0v) is 9.62. The van der Waals surface area contributed by atoms with E-state index >= 15 is 0 Å². The third-order valence-electron chi connectivity index (χ3n) is 0.730. The highest BCUT2D eigenvalue weighted by atomic mass is 16.3. The minimum Gasteiger partial charge on any atom is -0.396 e. The van der Waals surface area contributed by atoms with Crippen molar-refractivity contribution in [2.75, 3.05) is 13.2 Å². The zero-order chi connectivity index (χ0) is 12.1. The van der Waals surface area contributed by atoms with Crippen molar-refractivity contribution in [1.82, 2.24) is 0 Å². The molecule has 88 valence electrons. The molecule has 0 spiro atoms. The Labute approximate surface area is 86.6 Å². The van der Waals surface area contributed by atoms with Crippen LogP contribution in [-0.2, 0) is 0 Å². The van der Waals surface area contributed by atoms with Gasteiger partial charge in [0.25, 0.3) is 0 Å². The normalized spacial score (nSPS) is 8.57. The molecule has 0 amide bonds. The maximum absolute atomic E-state index is 8.14. The van der Waals surface area contributed by atoms with Crippen LogP contribution in [0.15, 0.2) is 0 Å². The molecule has 5 heteroatoms. The third-order valence-corrected chi connectivity index (χ3v) is 0.730. The molecule has 0 aromatic heterocycles. The van der Waals surface area contributed by atoms with Crippen molar-refractivity contribution in [3.63, 3.8) is 0 Å². The number of nitrogens with two attached hydrogens (primary N) is 2. The van der Waals surface area contributed by atoms with Gasteiger partial charge in [-0.1, -0.05) is 27.7 Å². The van der Waals surface area contributed by atoms with E-state index in [0.717, 1.165) is 0 Å². The SMILES string of the molecule is CC(C)CO.CC(C)CO.N=C(N)N. The fraction of sp³-hybridized carbons (Fsp3) is 0.889. The second-order valence-corrected chi connectivity index (χ2v) is 3.61. The summed E-state index contributed by atoms with van der Waals surface area (Å²) >= 11 is 0. The first-order valence-electron chi connectivity index (χ1n) is 4.59. The highest BCUT2D eigenvalue weighted by molar-refractivity contribution is 5.71. The van der Waals surface area contributed by atoms with Crippen LogP contribution in [0.4, 0.5) is 0 Å². The third kappa shape index (κ3) is 114. The summed E-state index contributed by atoms with van der Waals surface area (Å²) in [5.41, 5.74) is 8.94. The van der Waals surface area contributed by atoms with E-state index in [1.165, 1.54) is 0 Å². The summed E-state index contributed by atoms with van der Waals surface area (Å²) in [6.07, 6.45) is 0. The van der Waals surface area contributed by atoms with E-state index in [9.17, 15) is 0 Å². The van der Waals surface area contributed by atoms with Crippen molar-refractivity contribution in [3.05, 3.63) is 0 Å². The van der Waals surface area contributed by atoms with Gasteiger partial charge in [-0.3, -0.25) is 5.41 Å². The van der Waals surface area contributed by atoms with Crippen molar-refractivity contribution in [1.29, 1.82) is 5.41 Å². The van der Waals surface area contributed by atoms with E-state index in [1.54, 1.807) is 0 Å². The van der Waals surface area contributed by atoms with Crippen LogP contribution >= 0.6 is 0 Å². The minimum absolute atomic E-state index is 0.306. The Morgan fingerprint density at radius 1 is 1.00 bits per heavy atom. The van der Waals surface area contributed by atoms with E-state index in [0.29, 0.717) is 25.0 Å². The Morgan fingerprint density at radius 3 is 1.07 bits per heavy atom. The van der Waals surface area contributed by atoms with Crippen LogP contribution in [0.5, 0.6) is 0 Å². The van der Waals surface area contributed by atoms with Gasteiger partial charge in [0.2, 0.25) is 0 Å². The van der Waals surface area contributed by atoms with Gasteiger partial charge in [-0.2, -0.15) is 0 Å². The lowest BCUT2D eigenvalue weighted by molar-refractivity contribution is 0.248. The highest BCUT2D eigenvalue weighted by Crippen LogP contribution is 1.83. The summed E-state index contributed by atoms with van der Waals surface area (Å²) in [6.45, 7) is 8.50. The molecule has 0 unspecified atom stereocenters. The second-order valence-electron chi connectivity index (χ2n) is 3.61. The monoisotopic (exact) mass is 207 g/mol. The summed E-state index contributed by atoms with van der Waals surface area (Å²) in [6, 6.07) is 0. The molecule has 0 aromatic rings. The van der Waals surface area contributed by atoms with Crippen LogP contribution in [-0.4, -0.2) is 29.4 Å². The lowest BCUT2D eigenvalue weighted by Gasteiger charge is -1.90. The van der Waals surface area contributed by atoms with Crippen LogP contribution < -0.4 is 11.5 Å². The lowest BCUT2D eigenvalue weighted by Crippen LogP contribution is -2.20. The fourth-order valence-electron chi connectivity index (χ4n) is 0. The van der Waals surface area contributed by atoms with E-state index in [-0.39, 0.29) is 5.96 Å². The average molecular weight is 207 g/mol. The molecule has 0 saturated carbocycles. The summed E-state index contributed by atoms with van der Waals surface area (Å²) < 4.78 is 0. The smallest absolute Gasteiger partial charge is 0.183 e. The topological polar surface area (TPSA) is 116 Å². The van der Waals surface area contributed by atoms with E-state index in [4.69, 9.17) is 15.6 Å². The molecule has 0 heterocycles. The molecule has 0 aromatic carbocycles. The van der Waals surface area contributed by atoms with Crippen molar-refractivity contribution in [3.8, 4) is 0 Å². The predicted molar refractivity (Wildman–Crippen MR) is 59.9 cm³/mol. The van der Waals surface area contributed by atoms with Crippen LogP contribution in [0, 0.1) is 17.2 Å². The number of aliphatic hydroxyl groups excluding tert-OH is 2. The minimum atomic E-state index is -0.333. The summed E-state index contributed by atoms with van der Waals surface area (Å²) in [5.74, 6) is 0.546. The number of aliphatic hydroxyl groups is 2. The summed E-state index contributed by atoms with van der Waals surface area (Å²) in [5, 5.41) is 22.3. The molecular formula is C9H25N3O2. The van der Waals surface area contributed by atoms with Crippen LogP contribution in [0.2, 0.25) is 0 Å². The first-order valence-corrected chi connectivity index (χ1v) is 4.59. The van der Waals surface area contributed by atoms with Crippen LogP contribution in [0.3, 0.4) is 0 Å². The quantitative estimate of drug-likeness (QED) is 0.326. The van der Waals surface area contributed by atoms with Gasteiger partial charge >= 0.3 is 0 Å². The number of guanidine groups is 1. The maximum Gasteiger partial charge on any atom is 0.183 e. The molecule has 0 aliphatic rings. The maximum atomic E-state index is 8.14. The van der Waals surface area contributed by atoms with Gasteiger partial charge in [-0.25, -0.2) is 0 Å². The molecule has 0 radical (unpaired) electrons. The number of hydrogen-bond donors (Lipinski definition) is 5. The molecule has 0 rings (SSSR count). The second kappa shape index (κ2) is 14.7. The molecule has 0 fully saturated rings. The number of rotatable bonds is 2. The van der Waals surface area contributed by atoms with E-state index in [1.807, 2.05) is 27.7 Å². The van der Waals surface area contributed by atoms with Gasteiger partial charge in [-0.05, 0) is 11.8 Å². The Hall–Kier alpha value is -0.810. The molecule has 0 saturated heterocycles. The zero-order valence-electron chi connectivity index (χ0n) is 9.62. The molecule has 0 aliphatic carbocycles. The number of nitrogens with one attached hydrogen (secondary N) is 1. The van der Waals surface area contributed by atoms with Gasteiger partial charge in [0.1, 0.15) is 0 Å². The van der Waals surface area contributed by atoms with Gasteiger partial charge in [0.15, 0.2) is 5.96 Å². The van der Waals surface area contributed by atoms with Crippen molar-refractivity contribution < 1.29 is 10.2 Å². The van der Waals surface area contributed by atoms with Crippen molar-refractivity contribution in [2.24, 2.45) is 23.3 Å². The Kier molecular flexibility index (Phi) is 19.8. The predicted octanol–water partition coefficient (Wildman–Crippen LogP) is 0.108. The van der Waals surface area contributed by atoms with Gasteiger partial charge in [0.05, 0.1) is 0 Å². The van der Waals surface area contributed by atoms with Crippen molar-refractivity contribution >= 4 is 5.96 Å². The van der Waals surface area contributed by atoms with Gasteiger partial charge < -0.3 is 21.7 Å². The molecular weight excluding hydrogens is 182 g/mol. The molecule has 5 nitrogen and oxygen atoms in total. The van der Waals surface area contributed by atoms with Gasteiger partial charge in [0, 0.05) is 13.2 Å². The Balaban J connectivity index is -0.000000131. The Bertz CT molecular complexity index is 105. The first-order chi connectivity index (χ1) is 6.27. The molecule has 0 aliphatic heterocycles. The molecule has 7 N–H and O–H groups in total. The first kappa shape index (κ1) is 18.9. The Morgan fingerprint density at radius 2 is 1.07 bits per heavy atom. The highest BCUT2D eigenvalue weighted by Gasteiger charge is 1.82. The summed E-state index contributed by atoms with van der Waals surface area (Å²) in [7, 11) is 0. The van der Waals surface area contributed by atoms with Crippen LogP contribution in [0.25, 0.3) is 0 Å². The lowest BCUT2D eigenvalue weighted by atomic mass is 10.2. The standard InChI is InChI=1S/2C4H10O.CH5N3/c2*1-4(2)3-5;2-1(3)4/h2*4-5H,3H2,1-2H3;(H5,2,3,4). The van der Waals surface area contributed by atoms with Crippen LogP contribution in [0.1, 0.15) is 27.7 Å². The van der Waals surface area contributed by atoms with E-state index in [2.05, 4.69) is 11.5 Å². The molecule has 0 bridgehead atoms. The molecule has 14 heavy (non-hydrogen) atoms. The average Bonchev–Trinajstić information content (AvgIpc) is 2.04. The van der Waals surface area contributed by atoms with E-state index < -0.39 is 0 Å². The van der Waals surface area contributed by atoms with Crippen molar-refractivity contribution in [2.45, 2.75) is 27.7 Å². The fourth-order valence-corrected chi connectivity index (χ4v) is 0. The van der Waals surface area contributed by atoms with Gasteiger partial charge in [-0.15, -0.1) is 0 Å².